The zero-order valence-electron chi connectivity index (χ0n) is 10.6. The molecule has 0 saturated carbocycles. The number of rotatable bonds is 6. The van der Waals surface area contributed by atoms with Crippen LogP contribution in [0.15, 0.2) is 65.6 Å². The first-order valence-corrected chi connectivity index (χ1v) is 7.20. The first kappa shape index (κ1) is 13.7. The number of hydrogen-bond donors (Lipinski definition) is 0. The van der Waals surface area contributed by atoms with Crippen molar-refractivity contribution < 1.29 is 9.53 Å². The van der Waals surface area contributed by atoms with E-state index in [9.17, 15) is 4.79 Å². The first-order chi connectivity index (χ1) is 9.34. The molecule has 19 heavy (non-hydrogen) atoms. The van der Waals surface area contributed by atoms with E-state index in [2.05, 4.69) is 0 Å². The predicted molar refractivity (Wildman–Crippen MR) is 78.3 cm³/mol. The molecule has 2 nitrogen and oxygen atoms in total. The van der Waals surface area contributed by atoms with E-state index in [1.54, 1.807) is 0 Å². The third kappa shape index (κ3) is 5.18. The van der Waals surface area contributed by atoms with E-state index in [4.69, 9.17) is 4.74 Å². The summed E-state index contributed by atoms with van der Waals surface area (Å²) in [4.78, 5) is 12.6. The summed E-state index contributed by atoms with van der Waals surface area (Å²) in [5.41, 5.74) is 1.19. The zero-order chi connectivity index (χ0) is 13.3. The van der Waals surface area contributed by atoms with E-state index in [0.29, 0.717) is 12.4 Å². The van der Waals surface area contributed by atoms with Crippen molar-refractivity contribution in [2.75, 3.05) is 12.4 Å². The molecular formula is C16H16O2S. The van der Waals surface area contributed by atoms with Crippen LogP contribution < -0.4 is 0 Å². The number of carbonyl (C=O) groups is 1. The number of carbonyl (C=O) groups excluding carboxylic acids is 1. The number of ether oxygens (including phenoxy) is 1. The quantitative estimate of drug-likeness (QED) is 0.594. The lowest BCUT2D eigenvalue weighted by Gasteiger charge is -2.05. The zero-order valence-corrected chi connectivity index (χ0v) is 11.4. The lowest BCUT2D eigenvalue weighted by molar-refractivity contribution is -0.140. The highest BCUT2D eigenvalue weighted by atomic mass is 32.2. The standard InChI is InChI=1S/C16H16O2S/c17-16(13-19-15-9-5-2-6-10-15)18-12-11-14-7-3-1-4-8-14/h1-10H,11-13H2. The largest absolute Gasteiger partial charge is 0.465 e. The van der Waals surface area contributed by atoms with Gasteiger partial charge in [0.05, 0.1) is 12.4 Å². The van der Waals surface area contributed by atoms with Crippen LogP contribution in [0.3, 0.4) is 0 Å². The van der Waals surface area contributed by atoms with E-state index in [-0.39, 0.29) is 5.97 Å². The minimum Gasteiger partial charge on any atom is -0.465 e. The van der Waals surface area contributed by atoms with Gasteiger partial charge in [0.1, 0.15) is 0 Å². The maximum atomic E-state index is 11.6. The van der Waals surface area contributed by atoms with Gasteiger partial charge in [-0.15, -0.1) is 11.8 Å². The highest BCUT2D eigenvalue weighted by Crippen LogP contribution is 2.16. The van der Waals surface area contributed by atoms with Crippen molar-refractivity contribution in [2.45, 2.75) is 11.3 Å². The molecule has 0 aliphatic rings. The van der Waals surface area contributed by atoms with Crippen LogP contribution in [-0.4, -0.2) is 18.3 Å². The summed E-state index contributed by atoms with van der Waals surface area (Å²) in [6.45, 7) is 0.443. The summed E-state index contributed by atoms with van der Waals surface area (Å²) in [7, 11) is 0. The Kier molecular flexibility index (Phi) is 5.50. The van der Waals surface area contributed by atoms with Crippen molar-refractivity contribution in [3.05, 3.63) is 66.2 Å². The summed E-state index contributed by atoms with van der Waals surface area (Å²) >= 11 is 1.50. The van der Waals surface area contributed by atoms with Crippen LogP contribution in [0, 0.1) is 0 Å². The molecule has 0 aliphatic carbocycles. The summed E-state index contributed by atoms with van der Waals surface area (Å²) in [6, 6.07) is 19.9. The smallest absolute Gasteiger partial charge is 0.316 e. The first-order valence-electron chi connectivity index (χ1n) is 6.22. The summed E-state index contributed by atoms with van der Waals surface area (Å²) in [5.74, 6) is 0.198. The van der Waals surface area contributed by atoms with E-state index < -0.39 is 0 Å². The fourth-order valence-corrected chi connectivity index (χ4v) is 2.35. The fourth-order valence-electron chi connectivity index (χ4n) is 1.63. The molecule has 2 aromatic rings. The van der Waals surface area contributed by atoms with E-state index in [1.807, 2.05) is 60.7 Å². The highest BCUT2D eigenvalue weighted by Gasteiger charge is 2.04. The average molecular weight is 272 g/mol. The number of esters is 1. The fraction of sp³-hybridized carbons (Fsp3) is 0.188. The summed E-state index contributed by atoms with van der Waals surface area (Å²) in [6.07, 6.45) is 0.766. The molecule has 0 spiro atoms. The van der Waals surface area contributed by atoms with Gasteiger partial charge < -0.3 is 4.74 Å². The van der Waals surface area contributed by atoms with Gasteiger partial charge in [0.25, 0.3) is 0 Å². The summed E-state index contributed by atoms with van der Waals surface area (Å²) in [5, 5.41) is 0. The lowest BCUT2D eigenvalue weighted by Crippen LogP contribution is -2.09. The molecule has 0 aliphatic heterocycles. The van der Waals surface area contributed by atoms with Gasteiger partial charge in [-0.2, -0.15) is 0 Å². The molecule has 0 aromatic heterocycles. The molecule has 0 heterocycles. The van der Waals surface area contributed by atoms with Crippen LogP contribution in [0.2, 0.25) is 0 Å². The Morgan fingerprint density at radius 2 is 1.58 bits per heavy atom. The number of benzene rings is 2. The molecule has 2 rings (SSSR count). The van der Waals surface area contributed by atoms with Gasteiger partial charge in [-0.05, 0) is 17.7 Å². The van der Waals surface area contributed by atoms with Gasteiger partial charge in [-0.25, -0.2) is 0 Å². The molecule has 98 valence electrons. The minimum absolute atomic E-state index is 0.162. The maximum Gasteiger partial charge on any atom is 0.316 e. The Bertz CT molecular complexity index is 497. The third-order valence-electron chi connectivity index (χ3n) is 2.60. The van der Waals surface area contributed by atoms with Crippen molar-refractivity contribution in [1.29, 1.82) is 0 Å². The van der Waals surface area contributed by atoms with Crippen molar-refractivity contribution in [3.63, 3.8) is 0 Å². The van der Waals surface area contributed by atoms with Gasteiger partial charge >= 0.3 is 5.97 Å². The van der Waals surface area contributed by atoms with Crippen LogP contribution in [0.4, 0.5) is 0 Å². The van der Waals surface area contributed by atoms with Crippen LogP contribution in [-0.2, 0) is 16.0 Å². The summed E-state index contributed by atoms with van der Waals surface area (Å²) < 4.78 is 5.21. The van der Waals surface area contributed by atoms with Crippen LogP contribution in [0.25, 0.3) is 0 Å². The molecule has 0 unspecified atom stereocenters. The van der Waals surface area contributed by atoms with Gasteiger partial charge in [0.2, 0.25) is 0 Å². The highest BCUT2D eigenvalue weighted by molar-refractivity contribution is 8.00. The Balaban J connectivity index is 1.65. The second kappa shape index (κ2) is 7.64. The second-order valence-electron chi connectivity index (χ2n) is 4.06. The molecule has 3 heteroatoms. The SMILES string of the molecule is O=C(CSc1ccccc1)OCCc1ccccc1. The van der Waals surface area contributed by atoms with Crippen LogP contribution >= 0.6 is 11.8 Å². The van der Waals surface area contributed by atoms with Crippen molar-refractivity contribution >= 4 is 17.7 Å². The van der Waals surface area contributed by atoms with Crippen LogP contribution in [0.5, 0.6) is 0 Å². The molecule has 0 fully saturated rings. The van der Waals surface area contributed by atoms with Crippen molar-refractivity contribution in [1.82, 2.24) is 0 Å². The number of hydrogen-bond acceptors (Lipinski definition) is 3. The Morgan fingerprint density at radius 3 is 2.26 bits per heavy atom. The van der Waals surface area contributed by atoms with E-state index in [1.165, 1.54) is 17.3 Å². The van der Waals surface area contributed by atoms with E-state index in [0.717, 1.165) is 11.3 Å². The molecule has 2 aromatic carbocycles. The van der Waals surface area contributed by atoms with Crippen molar-refractivity contribution in [2.24, 2.45) is 0 Å². The molecule has 0 N–H and O–H groups in total. The molecule has 0 saturated heterocycles. The van der Waals surface area contributed by atoms with Crippen LogP contribution in [0.1, 0.15) is 5.56 Å². The molecular weight excluding hydrogens is 256 g/mol. The van der Waals surface area contributed by atoms with E-state index >= 15 is 0 Å². The van der Waals surface area contributed by atoms with Gasteiger partial charge in [0.15, 0.2) is 0 Å². The molecule has 0 amide bonds. The normalized spacial score (nSPS) is 10.1. The molecule has 0 atom stereocenters. The van der Waals surface area contributed by atoms with Gasteiger partial charge in [-0.1, -0.05) is 48.5 Å². The Labute approximate surface area is 117 Å². The predicted octanol–water partition coefficient (Wildman–Crippen LogP) is 3.56. The topological polar surface area (TPSA) is 26.3 Å². The Morgan fingerprint density at radius 1 is 0.947 bits per heavy atom. The molecule has 0 bridgehead atoms. The minimum atomic E-state index is -0.162. The maximum absolute atomic E-state index is 11.6. The Hall–Kier alpha value is -1.74. The molecule has 0 radical (unpaired) electrons. The monoisotopic (exact) mass is 272 g/mol. The van der Waals surface area contributed by atoms with Gasteiger partial charge in [0, 0.05) is 11.3 Å². The third-order valence-corrected chi connectivity index (χ3v) is 3.58. The lowest BCUT2D eigenvalue weighted by atomic mass is 10.2. The van der Waals surface area contributed by atoms with Gasteiger partial charge in [-0.3, -0.25) is 4.79 Å². The second-order valence-corrected chi connectivity index (χ2v) is 5.11. The number of thioether (sulfide) groups is 1. The van der Waals surface area contributed by atoms with Crippen molar-refractivity contribution in [3.8, 4) is 0 Å². The average Bonchev–Trinajstić information content (AvgIpc) is 2.47.